The van der Waals surface area contributed by atoms with Crippen LogP contribution in [0, 0.1) is 5.82 Å². The first kappa shape index (κ1) is 13.6. The highest BCUT2D eigenvalue weighted by Gasteiger charge is 2.10. The van der Waals surface area contributed by atoms with Crippen LogP contribution in [0.1, 0.15) is 5.89 Å². The fourth-order valence-corrected chi connectivity index (χ4v) is 1.64. The molecule has 1 aromatic carbocycles. The van der Waals surface area contributed by atoms with Crippen LogP contribution in [0.3, 0.4) is 0 Å². The second-order valence-corrected chi connectivity index (χ2v) is 4.35. The molecule has 19 heavy (non-hydrogen) atoms. The molecule has 0 atom stereocenters. The number of hydrogen-bond donors (Lipinski definition) is 1. The maximum Gasteiger partial charge on any atom is 0.247 e. The molecule has 6 heteroatoms. The van der Waals surface area contributed by atoms with Gasteiger partial charge in [-0.15, -0.1) is 10.2 Å². The summed E-state index contributed by atoms with van der Waals surface area (Å²) in [5.74, 6) is 0.685. The summed E-state index contributed by atoms with van der Waals surface area (Å²) in [6, 6.07) is 5.99. The van der Waals surface area contributed by atoms with Gasteiger partial charge in [-0.1, -0.05) is 0 Å². The van der Waals surface area contributed by atoms with E-state index in [9.17, 15) is 4.39 Å². The molecule has 0 fully saturated rings. The molecule has 0 aliphatic heterocycles. The Balaban J connectivity index is 2.00. The summed E-state index contributed by atoms with van der Waals surface area (Å²) in [6.45, 7) is 2.39. The van der Waals surface area contributed by atoms with Crippen molar-refractivity contribution in [3.8, 4) is 11.5 Å². The molecule has 0 spiro atoms. The lowest BCUT2D eigenvalue weighted by Gasteiger charge is -2.13. The lowest BCUT2D eigenvalue weighted by molar-refractivity contribution is 0.291. The number of halogens is 1. The number of aromatic nitrogens is 2. The van der Waals surface area contributed by atoms with Crippen molar-refractivity contribution in [1.82, 2.24) is 20.4 Å². The third kappa shape index (κ3) is 3.84. The molecule has 2 aromatic rings. The maximum absolute atomic E-state index is 12.8. The Bertz CT molecular complexity index is 512. The summed E-state index contributed by atoms with van der Waals surface area (Å²) in [5.41, 5.74) is 0.720. The van der Waals surface area contributed by atoms with Crippen molar-refractivity contribution in [1.29, 1.82) is 0 Å². The molecule has 0 radical (unpaired) electrons. The number of hydrogen-bond acceptors (Lipinski definition) is 5. The largest absolute Gasteiger partial charge is 0.419 e. The minimum Gasteiger partial charge on any atom is -0.419 e. The van der Waals surface area contributed by atoms with E-state index in [1.807, 2.05) is 14.1 Å². The quantitative estimate of drug-likeness (QED) is 0.857. The van der Waals surface area contributed by atoms with Gasteiger partial charge in [0, 0.05) is 18.7 Å². The zero-order chi connectivity index (χ0) is 13.7. The lowest BCUT2D eigenvalue weighted by Crippen LogP contribution is -2.27. The lowest BCUT2D eigenvalue weighted by atomic mass is 10.2. The molecule has 102 valence electrons. The normalized spacial score (nSPS) is 11.2. The van der Waals surface area contributed by atoms with Crippen LogP contribution >= 0.6 is 0 Å². The Morgan fingerprint density at radius 2 is 2.00 bits per heavy atom. The van der Waals surface area contributed by atoms with Gasteiger partial charge in [0.1, 0.15) is 5.82 Å². The van der Waals surface area contributed by atoms with Crippen LogP contribution in [-0.4, -0.2) is 42.3 Å². The zero-order valence-corrected chi connectivity index (χ0v) is 11.1. The monoisotopic (exact) mass is 264 g/mol. The highest BCUT2D eigenvalue weighted by molar-refractivity contribution is 5.51. The van der Waals surface area contributed by atoms with E-state index < -0.39 is 0 Å². The van der Waals surface area contributed by atoms with E-state index in [1.54, 1.807) is 12.1 Å². The van der Waals surface area contributed by atoms with Crippen LogP contribution in [0.5, 0.6) is 0 Å². The minimum atomic E-state index is -0.282. The first-order valence-electron chi connectivity index (χ1n) is 6.10. The SMILES string of the molecule is CNCCN(C)Cc1nnc(-c2ccc(F)cc2)o1. The van der Waals surface area contributed by atoms with E-state index in [2.05, 4.69) is 20.4 Å². The zero-order valence-electron chi connectivity index (χ0n) is 11.1. The molecule has 0 saturated heterocycles. The number of nitrogens with one attached hydrogen (secondary N) is 1. The van der Waals surface area contributed by atoms with Crippen LogP contribution in [0.25, 0.3) is 11.5 Å². The van der Waals surface area contributed by atoms with Gasteiger partial charge in [-0.3, -0.25) is 4.90 Å². The van der Waals surface area contributed by atoms with E-state index in [0.29, 0.717) is 18.3 Å². The van der Waals surface area contributed by atoms with Gasteiger partial charge < -0.3 is 9.73 Å². The van der Waals surface area contributed by atoms with Crippen molar-refractivity contribution < 1.29 is 8.81 Å². The second-order valence-electron chi connectivity index (χ2n) is 4.35. The Morgan fingerprint density at radius 1 is 1.26 bits per heavy atom. The van der Waals surface area contributed by atoms with Crippen LogP contribution in [-0.2, 0) is 6.54 Å². The predicted molar refractivity (Wildman–Crippen MR) is 70.0 cm³/mol. The first-order valence-corrected chi connectivity index (χ1v) is 6.10. The van der Waals surface area contributed by atoms with Gasteiger partial charge in [-0.2, -0.15) is 0 Å². The van der Waals surface area contributed by atoms with Crippen LogP contribution in [0.4, 0.5) is 4.39 Å². The highest BCUT2D eigenvalue weighted by atomic mass is 19.1. The Kier molecular flexibility index (Phi) is 4.59. The van der Waals surface area contributed by atoms with Crippen molar-refractivity contribution in [2.24, 2.45) is 0 Å². The fourth-order valence-electron chi connectivity index (χ4n) is 1.64. The summed E-state index contributed by atoms with van der Waals surface area (Å²) in [4.78, 5) is 2.08. The smallest absolute Gasteiger partial charge is 0.247 e. The average molecular weight is 264 g/mol. The molecule has 5 nitrogen and oxygen atoms in total. The number of nitrogens with zero attached hydrogens (tertiary/aromatic N) is 3. The highest BCUT2D eigenvalue weighted by Crippen LogP contribution is 2.18. The van der Waals surface area contributed by atoms with E-state index in [0.717, 1.165) is 18.7 Å². The van der Waals surface area contributed by atoms with Crippen molar-refractivity contribution in [3.05, 3.63) is 36.0 Å². The van der Waals surface area contributed by atoms with Crippen LogP contribution in [0.15, 0.2) is 28.7 Å². The summed E-state index contributed by atoms with van der Waals surface area (Å²) >= 11 is 0. The topological polar surface area (TPSA) is 54.2 Å². The van der Waals surface area contributed by atoms with Crippen LogP contribution in [0.2, 0.25) is 0 Å². The van der Waals surface area contributed by atoms with Crippen molar-refractivity contribution in [3.63, 3.8) is 0 Å². The van der Waals surface area contributed by atoms with Crippen molar-refractivity contribution in [2.75, 3.05) is 27.2 Å². The molecule has 0 aliphatic carbocycles. The second kappa shape index (κ2) is 6.40. The van der Waals surface area contributed by atoms with Gasteiger partial charge in [0.25, 0.3) is 0 Å². The van der Waals surface area contributed by atoms with E-state index >= 15 is 0 Å². The molecule has 0 unspecified atom stereocenters. The van der Waals surface area contributed by atoms with Gasteiger partial charge in [0.2, 0.25) is 11.8 Å². The van der Waals surface area contributed by atoms with E-state index in [1.165, 1.54) is 12.1 Å². The van der Waals surface area contributed by atoms with Gasteiger partial charge in [0.15, 0.2) is 0 Å². The maximum atomic E-state index is 12.8. The standard InChI is InChI=1S/C13H17FN4O/c1-15-7-8-18(2)9-12-16-17-13(19-12)10-3-5-11(14)6-4-10/h3-6,15H,7-9H2,1-2H3. The number of benzene rings is 1. The Morgan fingerprint density at radius 3 is 2.68 bits per heavy atom. The summed E-state index contributed by atoms with van der Waals surface area (Å²) in [7, 11) is 3.90. The number of rotatable bonds is 6. The van der Waals surface area contributed by atoms with E-state index in [4.69, 9.17) is 4.42 Å². The molecule has 0 amide bonds. The van der Waals surface area contributed by atoms with Crippen molar-refractivity contribution in [2.45, 2.75) is 6.54 Å². The summed E-state index contributed by atoms with van der Waals surface area (Å²) in [5, 5.41) is 11.0. The Hall–Kier alpha value is -1.79. The molecule has 0 bridgehead atoms. The van der Waals surface area contributed by atoms with E-state index in [-0.39, 0.29) is 5.82 Å². The molecule has 1 N–H and O–H groups in total. The molecule has 0 aliphatic rings. The number of likely N-dealkylation sites (N-methyl/N-ethyl adjacent to an activating group) is 2. The molecule has 2 rings (SSSR count). The molecule has 1 heterocycles. The average Bonchev–Trinajstić information content (AvgIpc) is 2.85. The van der Waals surface area contributed by atoms with Crippen molar-refractivity contribution >= 4 is 0 Å². The van der Waals surface area contributed by atoms with Gasteiger partial charge in [-0.05, 0) is 38.4 Å². The predicted octanol–water partition coefficient (Wildman–Crippen LogP) is 1.53. The molecular weight excluding hydrogens is 247 g/mol. The molecule has 0 saturated carbocycles. The third-order valence-corrected chi connectivity index (χ3v) is 2.71. The van der Waals surface area contributed by atoms with Crippen LogP contribution < -0.4 is 5.32 Å². The summed E-state index contributed by atoms with van der Waals surface area (Å²) < 4.78 is 18.4. The van der Waals surface area contributed by atoms with Gasteiger partial charge in [0.05, 0.1) is 6.54 Å². The molecule has 1 aromatic heterocycles. The Labute approximate surface area is 111 Å². The summed E-state index contributed by atoms with van der Waals surface area (Å²) in [6.07, 6.45) is 0. The first-order chi connectivity index (χ1) is 9.19. The third-order valence-electron chi connectivity index (χ3n) is 2.71. The molecular formula is C13H17FN4O. The van der Waals surface area contributed by atoms with Gasteiger partial charge >= 0.3 is 0 Å². The minimum absolute atomic E-state index is 0.282. The van der Waals surface area contributed by atoms with Gasteiger partial charge in [-0.25, -0.2) is 4.39 Å². The fraction of sp³-hybridized carbons (Fsp3) is 0.385.